The maximum absolute atomic E-state index is 12.5. The quantitative estimate of drug-likeness (QED) is 0.853. The van der Waals surface area contributed by atoms with Crippen LogP contribution in [0, 0.1) is 0 Å². The minimum Gasteiger partial charge on any atom is -0.378 e. The third-order valence-electron chi connectivity index (χ3n) is 4.60. The summed E-state index contributed by atoms with van der Waals surface area (Å²) < 4.78 is 8.90. The fourth-order valence-corrected chi connectivity index (χ4v) is 4.44. The van der Waals surface area contributed by atoms with Gasteiger partial charge in [0.25, 0.3) is 5.91 Å². The normalized spacial score (nSPS) is 20.5. The number of nitrogens with zero attached hydrogens (tertiary/aromatic N) is 2. The highest BCUT2D eigenvalue weighted by molar-refractivity contribution is 7.20. The summed E-state index contributed by atoms with van der Waals surface area (Å²) in [4.78, 5) is 15.2. The molecule has 1 aliphatic heterocycles. The van der Waals surface area contributed by atoms with E-state index in [9.17, 15) is 4.79 Å². The van der Waals surface area contributed by atoms with Gasteiger partial charge < -0.3 is 14.2 Å². The second kappa shape index (κ2) is 5.46. The number of aromatic nitrogens is 1. The van der Waals surface area contributed by atoms with E-state index in [2.05, 4.69) is 23.0 Å². The largest absolute Gasteiger partial charge is 0.378 e. The van der Waals surface area contributed by atoms with E-state index in [1.807, 2.05) is 4.90 Å². The summed E-state index contributed by atoms with van der Waals surface area (Å²) in [6.45, 7) is 2.74. The Kier molecular flexibility index (Phi) is 3.47. The summed E-state index contributed by atoms with van der Waals surface area (Å²) in [5.74, 6) is 0.159. The van der Waals surface area contributed by atoms with Crippen molar-refractivity contribution in [2.24, 2.45) is 0 Å². The number of carbonyl (C=O) groups is 1. The molecule has 2 aromatic rings. The van der Waals surface area contributed by atoms with Crippen molar-refractivity contribution in [2.45, 2.75) is 31.7 Å². The predicted octanol–water partition coefficient (Wildman–Crippen LogP) is 3.29. The molecule has 0 aromatic carbocycles. The average Bonchev–Trinajstić information content (AvgIpc) is 3.22. The standard InChI is InChI=1S/C16H20N2O2S/c19-16(17-5-7-20-8-6-17)14-9-12-10-18(11-15(12)21-14)13-3-1-2-4-13/h9-11,13H,1-8H2. The minimum absolute atomic E-state index is 0.159. The molecule has 1 saturated heterocycles. The Hall–Kier alpha value is -1.33. The third kappa shape index (κ3) is 2.49. The van der Waals surface area contributed by atoms with Crippen LogP contribution in [0.3, 0.4) is 0 Å². The average molecular weight is 304 g/mol. The van der Waals surface area contributed by atoms with E-state index in [-0.39, 0.29) is 5.91 Å². The molecule has 0 unspecified atom stereocenters. The van der Waals surface area contributed by atoms with Crippen LogP contribution in [0.2, 0.25) is 0 Å². The lowest BCUT2D eigenvalue weighted by Crippen LogP contribution is -2.40. The number of hydrogen-bond donors (Lipinski definition) is 0. The molecule has 3 heterocycles. The van der Waals surface area contributed by atoms with Gasteiger partial charge in [0.05, 0.1) is 22.8 Å². The van der Waals surface area contributed by atoms with Gasteiger partial charge in [0, 0.05) is 36.9 Å². The van der Waals surface area contributed by atoms with Crippen LogP contribution in [0.1, 0.15) is 41.4 Å². The Labute approximate surface area is 128 Å². The molecular weight excluding hydrogens is 284 g/mol. The molecule has 0 N–H and O–H groups in total. The smallest absolute Gasteiger partial charge is 0.264 e. The summed E-state index contributed by atoms with van der Waals surface area (Å²) in [7, 11) is 0. The van der Waals surface area contributed by atoms with Crippen molar-refractivity contribution >= 4 is 27.3 Å². The number of rotatable bonds is 2. The number of thiophene rings is 1. The molecule has 1 saturated carbocycles. The van der Waals surface area contributed by atoms with Crippen molar-refractivity contribution in [1.82, 2.24) is 9.47 Å². The lowest BCUT2D eigenvalue weighted by Gasteiger charge is -2.26. The number of morpholine rings is 1. The van der Waals surface area contributed by atoms with Crippen molar-refractivity contribution in [2.75, 3.05) is 26.3 Å². The van der Waals surface area contributed by atoms with E-state index in [1.165, 1.54) is 35.8 Å². The Morgan fingerprint density at radius 3 is 2.67 bits per heavy atom. The van der Waals surface area contributed by atoms with Crippen LogP contribution in [0.5, 0.6) is 0 Å². The fourth-order valence-electron chi connectivity index (χ4n) is 3.40. The Morgan fingerprint density at radius 1 is 1.19 bits per heavy atom. The van der Waals surface area contributed by atoms with Gasteiger partial charge in [0.2, 0.25) is 0 Å². The van der Waals surface area contributed by atoms with Crippen molar-refractivity contribution in [3.63, 3.8) is 0 Å². The fraction of sp³-hybridized carbons (Fsp3) is 0.562. The molecule has 112 valence electrons. The maximum Gasteiger partial charge on any atom is 0.264 e. The van der Waals surface area contributed by atoms with Gasteiger partial charge in [-0.25, -0.2) is 0 Å². The van der Waals surface area contributed by atoms with Gasteiger partial charge in [-0.05, 0) is 18.9 Å². The molecule has 0 radical (unpaired) electrons. The molecule has 5 heteroatoms. The molecule has 0 atom stereocenters. The van der Waals surface area contributed by atoms with E-state index in [1.54, 1.807) is 11.3 Å². The molecule has 4 nitrogen and oxygen atoms in total. The Balaban J connectivity index is 1.56. The van der Waals surface area contributed by atoms with E-state index >= 15 is 0 Å². The van der Waals surface area contributed by atoms with Gasteiger partial charge in [-0.15, -0.1) is 11.3 Å². The van der Waals surface area contributed by atoms with Crippen LogP contribution < -0.4 is 0 Å². The number of fused-ring (bicyclic) bond motifs is 1. The van der Waals surface area contributed by atoms with Crippen LogP contribution in [0.4, 0.5) is 0 Å². The molecule has 0 spiro atoms. The SMILES string of the molecule is O=C(c1cc2cn(C3CCCC3)cc2s1)N1CCOCC1. The zero-order valence-corrected chi connectivity index (χ0v) is 12.9. The topological polar surface area (TPSA) is 34.5 Å². The number of ether oxygens (including phenoxy) is 1. The Morgan fingerprint density at radius 2 is 1.95 bits per heavy atom. The highest BCUT2D eigenvalue weighted by Crippen LogP contribution is 2.34. The highest BCUT2D eigenvalue weighted by atomic mass is 32.1. The predicted molar refractivity (Wildman–Crippen MR) is 84.0 cm³/mol. The van der Waals surface area contributed by atoms with Gasteiger partial charge in [-0.2, -0.15) is 0 Å². The van der Waals surface area contributed by atoms with Crippen LogP contribution in [-0.2, 0) is 4.74 Å². The molecule has 2 fully saturated rings. The van der Waals surface area contributed by atoms with E-state index in [0.29, 0.717) is 32.3 Å². The van der Waals surface area contributed by atoms with Gasteiger partial charge in [0.1, 0.15) is 0 Å². The van der Waals surface area contributed by atoms with E-state index < -0.39 is 0 Å². The molecule has 1 aliphatic carbocycles. The van der Waals surface area contributed by atoms with Gasteiger partial charge in [0.15, 0.2) is 0 Å². The molecule has 0 bridgehead atoms. The zero-order valence-electron chi connectivity index (χ0n) is 12.1. The number of hydrogen-bond acceptors (Lipinski definition) is 3. The van der Waals surface area contributed by atoms with Crippen molar-refractivity contribution < 1.29 is 9.53 Å². The molecule has 4 rings (SSSR count). The molecule has 2 aliphatic rings. The maximum atomic E-state index is 12.5. The first-order valence-electron chi connectivity index (χ1n) is 7.79. The van der Waals surface area contributed by atoms with Gasteiger partial charge in [-0.3, -0.25) is 4.79 Å². The summed E-state index contributed by atoms with van der Waals surface area (Å²) in [5, 5.41) is 1.21. The number of amides is 1. The van der Waals surface area contributed by atoms with Crippen molar-refractivity contribution in [3.05, 3.63) is 23.3 Å². The minimum atomic E-state index is 0.159. The van der Waals surface area contributed by atoms with Gasteiger partial charge >= 0.3 is 0 Å². The first-order valence-corrected chi connectivity index (χ1v) is 8.61. The second-order valence-corrected chi connectivity index (χ2v) is 7.06. The monoisotopic (exact) mass is 304 g/mol. The number of carbonyl (C=O) groups excluding carboxylic acids is 1. The molecule has 21 heavy (non-hydrogen) atoms. The first-order chi connectivity index (χ1) is 10.3. The highest BCUT2D eigenvalue weighted by Gasteiger charge is 2.22. The lowest BCUT2D eigenvalue weighted by atomic mass is 10.2. The molecular formula is C16H20N2O2S. The third-order valence-corrected chi connectivity index (χ3v) is 5.67. The lowest BCUT2D eigenvalue weighted by molar-refractivity contribution is 0.0306. The van der Waals surface area contributed by atoms with E-state index in [4.69, 9.17) is 4.74 Å². The summed E-state index contributed by atoms with van der Waals surface area (Å²) in [6.07, 6.45) is 9.72. The van der Waals surface area contributed by atoms with Crippen molar-refractivity contribution in [3.8, 4) is 0 Å². The summed E-state index contributed by atoms with van der Waals surface area (Å²) >= 11 is 1.63. The zero-order chi connectivity index (χ0) is 14.2. The van der Waals surface area contributed by atoms with E-state index in [0.717, 1.165) is 4.88 Å². The van der Waals surface area contributed by atoms with Crippen LogP contribution in [-0.4, -0.2) is 41.7 Å². The van der Waals surface area contributed by atoms with Crippen molar-refractivity contribution in [1.29, 1.82) is 0 Å². The molecule has 2 aromatic heterocycles. The summed E-state index contributed by atoms with van der Waals surface area (Å²) in [5.41, 5.74) is 0. The van der Waals surface area contributed by atoms with Crippen LogP contribution >= 0.6 is 11.3 Å². The molecule has 1 amide bonds. The summed E-state index contributed by atoms with van der Waals surface area (Å²) in [6, 6.07) is 2.73. The second-order valence-electron chi connectivity index (χ2n) is 5.98. The van der Waals surface area contributed by atoms with Crippen LogP contribution in [0.15, 0.2) is 18.5 Å². The van der Waals surface area contributed by atoms with Gasteiger partial charge in [-0.1, -0.05) is 12.8 Å². The first kappa shape index (κ1) is 13.3. The Bertz CT molecular complexity index is 617. The van der Waals surface area contributed by atoms with Crippen LogP contribution in [0.25, 0.3) is 10.1 Å².